The van der Waals surface area contributed by atoms with Gasteiger partial charge in [0.15, 0.2) is 4.80 Å². The fraction of sp³-hybridized carbons (Fsp3) is 0.111. The zero-order chi connectivity index (χ0) is 17.1. The van der Waals surface area contributed by atoms with Gasteiger partial charge in [0.1, 0.15) is 11.6 Å². The van der Waals surface area contributed by atoms with E-state index >= 15 is 0 Å². The number of thiazole rings is 1. The number of ether oxygens (including phenoxy) is 1. The monoisotopic (exact) mass is 342 g/mol. The van der Waals surface area contributed by atoms with E-state index in [-0.39, 0.29) is 5.82 Å². The molecule has 6 heteroatoms. The van der Waals surface area contributed by atoms with Gasteiger partial charge >= 0.3 is 0 Å². The normalized spacial score (nSPS) is 11.7. The summed E-state index contributed by atoms with van der Waals surface area (Å²) in [6.07, 6.45) is 1.64. The Morgan fingerprint density at radius 3 is 2.88 bits per heavy atom. The van der Waals surface area contributed by atoms with Crippen molar-refractivity contribution in [3.8, 4) is 5.75 Å². The molecular formula is C18H15FN2O2S. The van der Waals surface area contributed by atoms with Crippen molar-refractivity contribution >= 4 is 27.5 Å². The first kappa shape index (κ1) is 16.1. The lowest BCUT2D eigenvalue weighted by Crippen LogP contribution is -2.17. The SMILES string of the molecule is C=CCn1c(=NC(=O)c2ccccc2OC)sc2cccc(F)c21. The number of benzene rings is 2. The van der Waals surface area contributed by atoms with Gasteiger partial charge in [0.05, 0.1) is 22.9 Å². The maximum Gasteiger partial charge on any atom is 0.283 e. The molecule has 0 saturated heterocycles. The van der Waals surface area contributed by atoms with Gasteiger partial charge in [-0.1, -0.05) is 35.6 Å². The second-order valence-corrected chi connectivity index (χ2v) is 6.00. The Kier molecular flexibility index (Phi) is 4.57. The molecule has 0 spiro atoms. The van der Waals surface area contributed by atoms with Crippen molar-refractivity contribution in [2.24, 2.45) is 4.99 Å². The molecule has 1 heterocycles. The second-order valence-electron chi connectivity index (χ2n) is 4.99. The first-order valence-corrected chi connectivity index (χ1v) is 8.08. The van der Waals surface area contributed by atoms with E-state index < -0.39 is 5.91 Å². The Morgan fingerprint density at radius 2 is 2.12 bits per heavy atom. The van der Waals surface area contributed by atoms with Crippen LogP contribution in [0.4, 0.5) is 4.39 Å². The van der Waals surface area contributed by atoms with Crippen LogP contribution in [-0.2, 0) is 6.54 Å². The summed E-state index contributed by atoms with van der Waals surface area (Å²) < 4.78 is 21.7. The number of hydrogen-bond acceptors (Lipinski definition) is 3. The van der Waals surface area contributed by atoms with Crippen LogP contribution in [0.2, 0.25) is 0 Å². The van der Waals surface area contributed by atoms with Gasteiger partial charge in [-0.25, -0.2) is 4.39 Å². The summed E-state index contributed by atoms with van der Waals surface area (Å²) in [5.74, 6) is -0.331. The van der Waals surface area contributed by atoms with Crippen LogP contribution in [0.3, 0.4) is 0 Å². The molecule has 0 atom stereocenters. The van der Waals surface area contributed by atoms with E-state index in [0.717, 1.165) is 4.70 Å². The summed E-state index contributed by atoms with van der Waals surface area (Å²) in [5, 5.41) is 0. The number of allylic oxidation sites excluding steroid dienone is 1. The van der Waals surface area contributed by atoms with Gasteiger partial charge in [0.25, 0.3) is 5.91 Å². The van der Waals surface area contributed by atoms with Crippen LogP contribution in [0, 0.1) is 5.82 Å². The highest BCUT2D eigenvalue weighted by Crippen LogP contribution is 2.21. The van der Waals surface area contributed by atoms with Crippen molar-refractivity contribution in [2.75, 3.05) is 7.11 Å². The molecule has 0 saturated carbocycles. The van der Waals surface area contributed by atoms with Crippen LogP contribution in [0.5, 0.6) is 5.75 Å². The van der Waals surface area contributed by atoms with Gasteiger partial charge in [-0.2, -0.15) is 4.99 Å². The topological polar surface area (TPSA) is 43.6 Å². The third kappa shape index (κ3) is 2.88. The average Bonchev–Trinajstić information content (AvgIpc) is 2.94. The first-order valence-electron chi connectivity index (χ1n) is 7.26. The second kappa shape index (κ2) is 6.80. The summed E-state index contributed by atoms with van der Waals surface area (Å²) in [6, 6.07) is 11.7. The van der Waals surface area contributed by atoms with E-state index in [2.05, 4.69) is 11.6 Å². The number of carbonyl (C=O) groups excluding carboxylic acids is 1. The fourth-order valence-corrected chi connectivity index (χ4v) is 3.49. The van der Waals surface area contributed by atoms with E-state index in [1.54, 1.807) is 47.0 Å². The smallest absolute Gasteiger partial charge is 0.283 e. The highest BCUT2D eigenvalue weighted by molar-refractivity contribution is 7.16. The number of halogens is 1. The minimum absolute atomic E-state index is 0.350. The van der Waals surface area contributed by atoms with Gasteiger partial charge in [0, 0.05) is 6.54 Å². The number of fused-ring (bicyclic) bond motifs is 1. The molecule has 0 N–H and O–H groups in total. The lowest BCUT2D eigenvalue weighted by Gasteiger charge is -2.04. The van der Waals surface area contributed by atoms with Crippen LogP contribution in [0.15, 0.2) is 60.1 Å². The van der Waals surface area contributed by atoms with Gasteiger partial charge in [-0.3, -0.25) is 4.79 Å². The number of carbonyl (C=O) groups is 1. The molecule has 122 valence electrons. The Balaban J connectivity index is 2.19. The van der Waals surface area contributed by atoms with Crippen LogP contribution >= 0.6 is 11.3 Å². The Bertz CT molecular complexity index is 988. The molecule has 0 aliphatic carbocycles. The number of nitrogens with zero attached hydrogens (tertiary/aromatic N) is 2. The predicted octanol–water partition coefficient (Wildman–Crippen LogP) is 3.78. The molecule has 0 bridgehead atoms. The minimum Gasteiger partial charge on any atom is -0.496 e. The Hall–Kier alpha value is -2.73. The zero-order valence-electron chi connectivity index (χ0n) is 13.0. The van der Waals surface area contributed by atoms with E-state index in [0.29, 0.717) is 28.2 Å². The van der Waals surface area contributed by atoms with Crippen LogP contribution in [0.1, 0.15) is 10.4 Å². The Morgan fingerprint density at radius 1 is 1.33 bits per heavy atom. The van der Waals surface area contributed by atoms with E-state index in [4.69, 9.17) is 4.74 Å². The molecule has 1 aromatic heterocycles. The number of rotatable bonds is 4. The quantitative estimate of drug-likeness (QED) is 0.677. The summed E-state index contributed by atoms with van der Waals surface area (Å²) >= 11 is 1.26. The van der Waals surface area contributed by atoms with Gasteiger partial charge in [-0.05, 0) is 24.3 Å². The van der Waals surface area contributed by atoms with Crippen molar-refractivity contribution in [1.29, 1.82) is 0 Å². The standard InChI is InChI=1S/C18H15FN2O2S/c1-3-11-21-16-13(19)8-6-10-15(16)24-18(21)20-17(22)12-7-4-5-9-14(12)23-2/h3-10H,1,11H2,2H3. The lowest BCUT2D eigenvalue weighted by atomic mass is 10.2. The zero-order valence-corrected chi connectivity index (χ0v) is 13.8. The van der Waals surface area contributed by atoms with Crippen LogP contribution in [-0.4, -0.2) is 17.6 Å². The lowest BCUT2D eigenvalue weighted by molar-refractivity contribution is 0.0995. The van der Waals surface area contributed by atoms with E-state index in [1.807, 2.05) is 0 Å². The van der Waals surface area contributed by atoms with Crippen molar-refractivity contribution in [3.05, 3.63) is 71.3 Å². The fourth-order valence-electron chi connectivity index (χ4n) is 2.44. The molecule has 24 heavy (non-hydrogen) atoms. The number of hydrogen-bond donors (Lipinski definition) is 0. The molecule has 2 aromatic carbocycles. The molecule has 3 aromatic rings. The van der Waals surface area contributed by atoms with Gasteiger partial charge < -0.3 is 9.30 Å². The summed E-state index contributed by atoms with van der Waals surface area (Å²) in [7, 11) is 1.50. The van der Waals surface area contributed by atoms with Crippen molar-refractivity contribution in [2.45, 2.75) is 6.54 Å². The molecule has 0 fully saturated rings. The molecule has 4 nitrogen and oxygen atoms in total. The molecule has 3 rings (SSSR count). The third-order valence-electron chi connectivity index (χ3n) is 3.50. The highest BCUT2D eigenvalue weighted by Gasteiger charge is 2.14. The molecule has 0 radical (unpaired) electrons. The average molecular weight is 342 g/mol. The number of aromatic nitrogens is 1. The number of methoxy groups -OCH3 is 1. The Labute approximate surface area is 142 Å². The van der Waals surface area contributed by atoms with Crippen molar-refractivity contribution < 1.29 is 13.9 Å². The van der Waals surface area contributed by atoms with Gasteiger partial charge in [0.2, 0.25) is 0 Å². The van der Waals surface area contributed by atoms with Crippen molar-refractivity contribution in [3.63, 3.8) is 0 Å². The molecule has 0 aliphatic heterocycles. The third-order valence-corrected chi connectivity index (χ3v) is 4.54. The maximum atomic E-state index is 14.2. The van der Waals surface area contributed by atoms with Crippen molar-refractivity contribution in [1.82, 2.24) is 4.57 Å². The minimum atomic E-state index is -0.433. The number of para-hydroxylation sites is 2. The van der Waals surface area contributed by atoms with Crippen LogP contribution < -0.4 is 9.54 Å². The molecule has 1 amide bonds. The van der Waals surface area contributed by atoms with E-state index in [1.165, 1.54) is 24.5 Å². The summed E-state index contributed by atoms with van der Waals surface area (Å²) in [6.45, 7) is 4.05. The first-order chi connectivity index (χ1) is 11.7. The number of amides is 1. The molecule has 0 aliphatic rings. The molecular weight excluding hydrogens is 327 g/mol. The predicted molar refractivity (Wildman–Crippen MR) is 92.9 cm³/mol. The summed E-state index contributed by atoms with van der Waals surface area (Å²) in [5.41, 5.74) is 0.789. The summed E-state index contributed by atoms with van der Waals surface area (Å²) in [4.78, 5) is 17.1. The van der Waals surface area contributed by atoms with Crippen LogP contribution in [0.25, 0.3) is 10.2 Å². The van der Waals surface area contributed by atoms with E-state index in [9.17, 15) is 9.18 Å². The molecule has 0 unspecified atom stereocenters. The maximum absolute atomic E-state index is 14.2. The highest BCUT2D eigenvalue weighted by atomic mass is 32.1. The van der Waals surface area contributed by atoms with Gasteiger partial charge in [-0.15, -0.1) is 6.58 Å². The largest absolute Gasteiger partial charge is 0.496 e.